The molecule has 4 saturated carbocycles. The maximum atomic E-state index is 11.2. The molecule has 0 aromatic heterocycles. The molecular weight excluding hydrogens is 372 g/mol. The highest BCUT2D eigenvalue weighted by Gasteiger charge is 2.60. The zero-order valence-electron chi connectivity index (χ0n) is 17.9. The smallest absolute Gasteiger partial charge is 0.264 e. The summed E-state index contributed by atoms with van der Waals surface area (Å²) in [6, 6.07) is 0. The molecule has 0 radical (unpaired) electrons. The first-order valence-electron chi connectivity index (χ1n) is 11.7. The minimum Gasteiger partial charge on any atom is -0.393 e. The van der Waals surface area contributed by atoms with Gasteiger partial charge in [-0.3, -0.25) is 4.55 Å². The summed E-state index contributed by atoms with van der Waals surface area (Å²) in [5.41, 5.74) is 0.745. The zero-order chi connectivity index (χ0) is 20.3. The number of fused-ring (bicyclic) bond motifs is 5. The standard InChI is InChI=1S/C23H40O4S/c1-15(10-13-28(25,26)27)19-6-7-20-18-5-4-16-14-17(24)8-11-22(16,2)21(18)9-12-23(19,20)3/h15-21,24H,4-14H2,1-3H3,(H,25,26,27)/t15-,16-,17-,18+,19-,20+,21+,22+,23-/m1/s1. The molecule has 4 rings (SSSR count). The van der Waals surface area contributed by atoms with Crippen LogP contribution in [0.2, 0.25) is 0 Å². The van der Waals surface area contributed by atoms with E-state index in [4.69, 9.17) is 0 Å². The Balaban J connectivity index is 1.50. The lowest BCUT2D eigenvalue weighted by atomic mass is 9.44. The monoisotopic (exact) mass is 412 g/mol. The summed E-state index contributed by atoms with van der Waals surface area (Å²) in [5, 5.41) is 10.2. The fraction of sp³-hybridized carbons (Fsp3) is 1.00. The van der Waals surface area contributed by atoms with Crippen molar-refractivity contribution >= 4 is 10.1 Å². The van der Waals surface area contributed by atoms with Gasteiger partial charge in [0.2, 0.25) is 0 Å². The average Bonchev–Trinajstić information content (AvgIpc) is 2.97. The van der Waals surface area contributed by atoms with Gasteiger partial charge >= 0.3 is 0 Å². The fourth-order valence-corrected chi connectivity index (χ4v) is 9.42. The number of aliphatic hydroxyl groups excluding tert-OH is 1. The second-order valence-corrected chi connectivity index (χ2v) is 12.9. The summed E-state index contributed by atoms with van der Waals surface area (Å²) in [4.78, 5) is 0. The van der Waals surface area contributed by atoms with Crippen LogP contribution in [-0.4, -0.2) is 29.9 Å². The Morgan fingerprint density at radius 3 is 2.36 bits per heavy atom. The van der Waals surface area contributed by atoms with E-state index in [1.165, 1.54) is 44.9 Å². The summed E-state index contributed by atoms with van der Waals surface area (Å²) >= 11 is 0. The second-order valence-electron chi connectivity index (χ2n) is 11.4. The summed E-state index contributed by atoms with van der Waals surface area (Å²) < 4.78 is 31.6. The number of aliphatic hydroxyl groups is 1. The highest BCUT2D eigenvalue weighted by atomic mass is 32.2. The third-order valence-corrected chi connectivity index (χ3v) is 11.0. The summed E-state index contributed by atoms with van der Waals surface area (Å²) in [6.45, 7) is 7.23. The zero-order valence-corrected chi connectivity index (χ0v) is 18.8. The predicted octanol–water partition coefficient (Wildman–Crippen LogP) is 4.92. The van der Waals surface area contributed by atoms with E-state index in [2.05, 4.69) is 20.8 Å². The van der Waals surface area contributed by atoms with Crippen LogP contribution in [0.3, 0.4) is 0 Å². The lowest BCUT2D eigenvalue weighted by Gasteiger charge is -2.61. The SMILES string of the molecule is C[C@H](CCS(=O)(=O)O)[C@H]1CC[C@H]2[C@@H]3CC[C@@H]4C[C@H](O)CC[C@]4(C)[C@H]3CC[C@]12C. The maximum Gasteiger partial charge on any atom is 0.264 e. The first-order chi connectivity index (χ1) is 13.0. The van der Waals surface area contributed by atoms with Crippen LogP contribution in [0.4, 0.5) is 0 Å². The first kappa shape index (κ1) is 21.1. The van der Waals surface area contributed by atoms with E-state index < -0.39 is 10.1 Å². The molecule has 0 aromatic carbocycles. The second kappa shape index (κ2) is 7.23. The van der Waals surface area contributed by atoms with Gasteiger partial charge in [0, 0.05) is 0 Å². The van der Waals surface area contributed by atoms with Crippen LogP contribution < -0.4 is 0 Å². The van der Waals surface area contributed by atoms with Gasteiger partial charge in [0.15, 0.2) is 0 Å². The van der Waals surface area contributed by atoms with E-state index in [9.17, 15) is 18.1 Å². The van der Waals surface area contributed by atoms with Crippen LogP contribution in [0.1, 0.15) is 85.0 Å². The highest BCUT2D eigenvalue weighted by molar-refractivity contribution is 7.85. The maximum absolute atomic E-state index is 11.2. The van der Waals surface area contributed by atoms with Crippen molar-refractivity contribution in [3.8, 4) is 0 Å². The van der Waals surface area contributed by atoms with Gasteiger partial charge in [-0.2, -0.15) is 8.42 Å². The van der Waals surface area contributed by atoms with E-state index in [0.29, 0.717) is 35.0 Å². The van der Waals surface area contributed by atoms with E-state index in [0.717, 1.165) is 30.6 Å². The van der Waals surface area contributed by atoms with Gasteiger partial charge in [-0.1, -0.05) is 20.8 Å². The largest absolute Gasteiger partial charge is 0.393 e. The van der Waals surface area contributed by atoms with Crippen molar-refractivity contribution in [1.29, 1.82) is 0 Å². The molecule has 28 heavy (non-hydrogen) atoms. The molecule has 4 aliphatic carbocycles. The van der Waals surface area contributed by atoms with Crippen molar-refractivity contribution in [2.24, 2.45) is 46.3 Å². The molecular formula is C23H40O4S. The Morgan fingerprint density at radius 2 is 1.64 bits per heavy atom. The molecule has 162 valence electrons. The van der Waals surface area contributed by atoms with Crippen LogP contribution in [-0.2, 0) is 10.1 Å². The van der Waals surface area contributed by atoms with Crippen molar-refractivity contribution in [1.82, 2.24) is 0 Å². The van der Waals surface area contributed by atoms with Gasteiger partial charge < -0.3 is 5.11 Å². The minimum atomic E-state index is -3.86. The Kier molecular flexibility index (Phi) is 5.45. The number of hydrogen-bond donors (Lipinski definition) is 2. The minimum absolute atomic E-state index is 0.0806. The summed E-state index contributed by atoms with van der Waals surface area (Å²) in [7, 11) is -3.86. The highest BCUT2D eigenvalue weighted by Crippen LogP contribution is 2.68. The molecule has 4 aliphatic rings. The van der Waals surface area contributed by atoms with Crippen LogP contribution in [0, 0.1) is 46.3 Å². The molecule has 4 fully saturated rings. The molecule has 0 amide bonds. The average molecular weight is 413 g/mol. The van der Waals surface area contributed by atoms with Crippen molar-refractivity contribution < 1.29 is 18.1 Å². The molecule has 5 heteroatoms. The summed E-state index contributed by atoms with van der Waals surface area (Å²) in [6.07, 6.45) is 11.4. The quantitative estimate of drug-likeness (QED) is 0.643. The predicted molar refractivity (Wildman–Crippen MR) is 111 cm³/mol. The van der Waals surface area contributed by atoms with Crippen molar-refractivity contribution in [3.05, 3.63) is 0 Å². The first-order valence-corrected chi connectivity index (χ1v) is 13.3. The van der Waals surface area contributed by atoms with Gasteiger partial charge in [-0.05, 0) is 111 Å². The topological polar surface area (TPSA) is 74.6 Å². The summed E-state index contributed by atoms with van der Waals surface area (Å²) in [5.74, 6) is 3.93. The lowest BCUT2D eigenvalue weighted by Crippen LogP contribution is -2.54. The molecule has 0 bridgehead atoms. The van der Waals surface area contributed by atoms with Crippen LogP contribution in [0.25, 0.3) is 0 Å². The van der Waals surface area contributed by atoms with Gasteiger partial charge in [0.25, 0.3) is 10.1 Å². The van der Waals surface area contributed by atoms with E-state index >= 15 is 0 Å². The van der Waals surface area contributed by atoms with Gasteiger partial charge in [-0.25, -0.2) is 0 Å². The number of hydrogen-bond acceptors (Lipinski definition) is 3. The molecule has 4 nitrogen and oxygen atoms in total. The van der Waals surface area contributed by atoms with Crippen LogP contribution in [0.15, 0.2) is 0 Å². The Hall–Kier alpha value is -0.130. The third kappa shape index (κ3) is 3.47. The molecule has 9 atom stereocenters. The van der Waals surface area contributed by atoms with Crippen molar-refractivity contribution in [2.45, 2.75) is 91.1 Å². The molecule has 0 unspecified atom stereocenters. The molecule has 0 heterocycles. The van der Waals surface area contributed by atoms with Gasteiger partial charge in [-0.15, -0.1) is 0 Å². The Bertz CT molecular complexity index is 691. The third-order valence-electron chi connectivity index (χ3n) is 10.2. The molecule has 0 spiro atoms. The molecule has 2 N–H and O–H groups in total. The van der Waals surface area contributed by atoms with E-state index in [1.807, 2.05) is 0 Å². The Morgan fingerprint density at radius 1 is 0.964 bits per heavy atom. The molecule has 0 saturated heterocycles. The van der Waals surface area contributed by atoms with Crippen LogP contribution in [0.5, 0.6) is 0 Å². The van der Waals surface area contributed by atoms with Crippen molar-refractivity contribution in [3.63, 3.8) is 0 Å². The van der Waals surface area contributed by atoms with E-state index in [-0.39, 0.29) is 11.9 Å². The van der Waals surface area contributed by atoms with Gasteiger partial charge in [0.1, 0.15) is 0 Å². The van der Waals surface area contributed by atoms with Gasteiger partial charge in [0.05, 0.1) is 11.9 Å². The molecule has 0 aliphatic heterocycles. The van der Waals surface area contributed by atoms with E-state index in [1.54, 1.807) is 0 Å². The fourth-order valence-electron chi connectivity index (χ4n) is 8.75. The molecule has 0 aromatic rings. The normalized spacial score (nSPS) is 49.8. The number of rotatable bonds is 4. The van der Waals surface area contributed by atoms with Crippen molar-refractivity contribution in [2.75, 3.05) is 5.75 Å². The lowest BCUT2D eigenvalue weighted by molar-refractivity contribution is -0.129. The Labute approximate surface area is 171 Å². The van der Waals surface area contributed by atoms with Crippen LogP contribution >= 0.6 is 0 Å².